The fourth-order valence-electron chi connectivity index (χ4n) is 1.99. The van der Waals surface area contributed by atoms with E-state index in [4.69, 9.17) is 29.8 Å². The van der Waals surface area contributed by atoms with E-state index < -0.39 is 11.7 Å². The Hall–Kier alpha value is -2.03. The topological polar surface area (TPSA) is 112 Å². The van der Waals surface area contributed by atoms with Crippen LogP contribution >= 0.6 is 0 Å². The third kappa shape index (κ3) is 9.45. The number of anilines is 1. The smallest absolute Gasteiger partial charge is 0.407 e. The zero-order valence-electron chi connectivity index (χ0n) is 15.7. The summed E-state index contributed by atoms with van der Waals surface area (Å²) >= 11 is 0. The first-order chi connectivity index (χ1) is 12.3. The van der Waals surface area contributed by atoms with Gasteiger partial charge in [-0.2, -0.15) is 0 Å². The van der Waals surface area contributed by atoms with Gasteiger partial charge in [0.05, 0.1) is 38.7 Å². The van der Waals surface area contributed by atoms with Crippen molar-refractivity contribution in [2.45, 2.75) is 32.9 Å². The first-order valence-corrected chi connectivity index (χ1v) is 8.57. The molecule has 0 heterocycles. The van der Waals surface area contributed by atoms with Crippen LogP contribution in [-0.2, 0) is 20.8 Å². The number of amides is 1. The number of hydrogen-bond acceptors (Lipinski definition) is 7. The first kappa shape index (κ1) is 22.0. The lowest BCUT2D eigenvalue weighted by atomic mass is 10.1. The van der Waals surface area contributed by atoms with Crippen molar-refractivity contribution in [3.05, 3.63) is 23.8 Å². The maximum atomic E-state index is 11.8. The maximum Gasteiger partial charge on any atom is 0.407 e. The molecule has 0 aliphatic heterocycles. The van der Waals surface area contributed by atoms with Crippen LogP contribution in [0, 0.1) is 0 Å². The van der Waals surface area contributed by atoms with Crippen molar-refractivity contribution in [3.8, 4) is 5.75 Å². The van der Waals surface area contributed by atoms with E-state index in [0.717, 1.165) is 5.56 Å². The van der Waals surface area contributed by atoms with Gasteiger partial charge in [-0.3, -0.25) is 0 Å². The quantitative estimate of drug-likeness (QED) is 0.401. The Morgan fingerprint density at radius 2 is 1.77 bits per heavy atom. The third-order valence-electron chi connectivity index (χ3n) is 3.03. The Morgan fingerprint density at radius 1 is 1.12 bits per heavy atom. The molecule has 0 saturated carbocycles. The number of nitrogens with two attached hydrogens (primary N) is 1. The summed E-state index contributed by atoms with van der Waals surface area (Å²) in [6.07, 6.45) is -0.503. The molecule has 0 saturated heterocycles. The zero-order valence-corrected chi connectivity index (χ0v) is 15.7. The number of nitrogens with one attached hydrogen (secondary N) is 1. The van der Waals surface area contributed by atoms with Crippen molar-refractivity contribution in [3.63, 3.8) is 0 Å². The molecule has 1 aromatic rings. The number of alkyl carbamates (subject to hydrolysis) is 1. The highest BCUT2D eigenvalue weighted by molar-refractivity contribution is 5.68. The highest BCUT2D eigenvalue weighted by Gasteiger charge is 2.16. The number of nitrogen functional groups attached to an aromatic ring is 1. The lowest BCUT2D eigenvalue weighted by Gasteiger charge is -2.20. The Labute approximate surface area is 154 Å². The highest BCUT2D eigenvalue weighted by Crippen LogP contribution is 2.26. The van der Waals surface area contributed by atoms with Crippen LogP contribution in [0.3, 0.4) is 0 Å². The van der Waals surface area contributed by atoms with Gasteiger partial charge >= 0.3 is 6.09 Å². The van der Waals surface area contributed by atoms with Gasteiger partial charge in [-0.1, -0.05) is 12.1 Å². The molecule has 1 amide bonds. The van der Waals surface area contributed by atoms with Gasteiger partial charge in [0, 0.05) is 12.1 Å². The SMILES string of the molecule is CC(C)(C)OC(=O)NCc1cccc(N)c1OCCOCCOCCO. The third-order valence-corrected chi connectivity index (χ3v) is 3.03. The largest absolute Gasteiger partial charge is 0.489 e. The Morgan fingerprint density at radius 3 is 2.42 bits per heavy atom. The molecule has 0 aromatic heterocycles. The predicted molar refractivity (Wildman–Crippen MR) is 98.1 cm³/mol. The van der Waals surface area contributed by atoms with Crippen molar-refractivity contribution in [2.75, 3.05) is 45.4 Å². The molecule has 1 aromatic carbocycles. The van der Waals surface area contributed by atoms with Crippen molar-refractivity contribution in [1.29, 1.82) is 0 Å². The van der Waals surface area contributed by atoms with Gasteiger partial charge in [0.2, 0.25) is 0 Å². The highest BCUT2D eigenvalue weighted by atomic mass is 16.6. The van der Waals surface area contributed by atoms with E-state index in [0.29, 0.717) is 44.5 Å². The van der Waals surface area contributed by atoms with Gasteiger partial charge in [0.1, 0.15) is 18.0 Å². The molecule has 0 aliphatic rings. The number of benzene rings is 1. The van der Waals surface area contributed by atoms with E-state index in [1.54, 1.807) is 32.9 Å². The second kappa shape index (κ2) is 11.6. The second-order valence-corrected chi connectivity index (χ2v) is 6.49. The fraction of sp³-hybridized carbons (Fsp3) is 0.611. The molecule has 148 valence electrons. The minimum atomic E-state index is -0.558. The van der Waals surface area contributed by atoms with Gasteiger partial charge < -0.3 is 35.1 Å². The summed E-state index contributed by atoms with van der Waals surface area (Å²) in [7, 11) is 0. The second-order valence-electron chi connectivity index (χ2n) is 6.49. The zero-order chi connectivity index (χ0) is 19.4. The predicted octanol–water partition coefficient (Wildman–Crippen LogP) is 1.70. The van der Waals surface area contributed by atoms with Crippen LogP contribution in [0.1, 0.15) is 26.3 Å². The average molecular weight is 370 g/mol. The minimum Gasteiger partial charge on any atom is -0.489 e. The van der Waals surface area contributed by atoms with Crippen LogP contribution in [0.15, 0.2) is 18.2 Å². The summed E-state index contributed by atoms with van der Waals surface area (Å²) in [5.41, 5.74) is 6.65. The average Bonchev–Trinajstić information content (AvgIpc) is 2.55. The van der Waals surface area contributed by atoms with Gasteiger partial charge in [-0.25, -0.2) is 4.79 Å². The van der Waals surface area contributed by atoms with Crippen LogP contribution in [0.5, 0.6) is 5.75 Å². The van der Waals surface area contributed by atoms with E-state index in [1.165, 1.54) is 0 Å². The van der Waals surface area contributed by atoms with E-state index in [1.807, 2.05) is 6.07 Å². The van der Waals surface area contributed by atoms with Crippen molar-refractivity contribution in [1.82, 2.24) is 5.32 Å². The molecule has 8 nitrogen and oxygen atoms in total. The Kier molecular flexibility index (Phi) is 9.79. The van der Waals surface area contributed by atoms with Crippen LogP contribution < -0.4 is 15.8 Å². The van der Waals surface area contributed by atoms with Gasteiger partial charge in [0.25, 0.3) is 0 Å². The molecule has 26 heavy (non-hydrogen) atoms. The number of rotatable bonds is 11. The molecule has 0 unspecified atom stereocenters. The van der Waals surface area contributed by atoms with Crippen molar-refractivity contribution < 1.29 is 28.8 Å². The summed E-state index contributed by atoms with van der Waals surface area (Å²) in [4.78, 5) is 11.8. The summed E-state index contributed by atoms with van der Waals surface area (Å²) in [6.45, 7) is 7.46. The fourth-order valence-corrected chi connectivity index (χ4v) is 1.99. The number of hydrogen-bond donors (Lipinski definition) is 3. The summed E-state index contributed by atoms with van der Waals surface area (Å²) in [6, 6.07) is 5.35. The summed E-state index contributed by atoms with van der Waals surface area (Å²) < 4.78 is 21.4. The van der Waals surface area contributed by atoms with Crippen molar-refractivity contribution in [2.24, 2.45) is 0 Å². The van der Waals surface area contributed by atoms with E-state index in [2.05, 4.69) is 5.32 Å². The molecular weight excluding hydrogens is 340 g/mol. The monoisotopic (exact) mass is 370 g/mol. The number of carbonyl (C=O) groups is 1. The Bertz CT molecular complexity index is 545. The van der Waals surface area contributed by atoms with Gasteiger partial charge in [0.15, 0.2) is 0 Å². The summed E-state index contributed by atoms with van der Waals surface area (Å²) in [5.74, 6) is 0.517. The standard InChI is InChI=1S/C18H30N2O6/c1-18(2,3)26-17(22)20-13-14-5-4-6-15(19)16(14)25-12-11-24-10-9-23-8-7-21/h4-6,21H,7-13,19H2,1-3H3,(H,20,22). The molecule has 4 N–H and O–H groups in total. The lowest BCUT2D eigenvalue weighted by Crippen LogP contribution is -2.32. The summed E-state index contributed by atoms with van der Waals surface area (Å²) in [5, 5.41) is 11.3. The molecule has 0 spiro atoms. The van der Waals surface area contributed by atoms with Gasteiger partial charge in [-0.15, -0.1) is 0 Å². The number of aliphatic hydroxyl groups excluding tert-OH is 1. The minimum absolute atomic E-state index is 0.00347. The number of aliphatic hydroxyl groups is 1. The van der Waals surface area contributed by atoms with E-state index >= 15 is 0 Å². The molecule has 1 rings (SSSR count). The first-order valence-electron chi connectivity index (χ1n) is 8.57. The molecule has 0 bridgehead atoms. The maximum absolute atomic E-state index is 11.8. The molecular formula is C18H30N2O6. The van der Waals surface area contributed by atoms with Crippen LogP contribution in [0.4, 0.5) is 10.5 Å². The Balaban J connectivity index is 2.42. The van der Waals surface area contributed by atoms with E-state index in [9.17, 15) is 4.79 Å². The van der Waals surface area contributed by atoms with Gasteiger partial charge in [-0.05, 0) is 26.8 Å². The van der Waals surface area contributed by atoms with Crippen LogP contribution in [0.25, 0.3) is 0 Å². The molecule has 0 atom stereocenters. The number of para-hydroxylation sites is 1. The number of ether oxygens (including phenoxy) is 4. The van der Waals surface area contributed by atoms with Crippen LogP contribution in [-0.4, -0.2) is 56.4 Å². The molecule has 8 heteroatoms. The van der Waals surface area contributed by atoms with E-state index in [-0.39, 0.29) is 13.2 Å². The van der Waals surface area contributed by atoms with Crippen molar-refractivity contribution >= 4 is 11.8 Å². The normalized spacial score (nSPS) is 11.2. The lowest BCUT2D eigenvalue weighted by molar-refractivity contribution is 0.0247. The number of carbonyl (C=O) groups excluding carboxylic acids is 1. The molecule has 0 fully saturated rings. The van der Waals surface area contributed by atoms with Crippen LogP contribution in [0.2, 0.25) is 0 Å². The molecule has 0 radical (unpaired) electrons. The molecule has 0 aliphatic carbocycles.